The zero-order chi connectivity index (χ0) is 14.7. The summed E-state index contributed by atoms with van der Waals surface area (Å²) in [6.45, 7) is 9.06. The van der Waals surface area contributed by atoms with Crippen molar-refractivity contribution in [1.82, 2.24) is 5.32 Å². The third kappa shape index (κ3) is 3.13. The Morgan fingerprint density at radius 2 is 1.65 bits per heavy atom. The molecule has 0 saturated heterocycles. The monoisotopic (exact) mass is 287 g/mol. The SMILES string of the molecule is CNC(c1ccc(-c2ccccc2C(C)C)s1)C(C)C. The molecule has 1 aromatic heterocycles. The highest BCUT2D eigenvalue weighted by Gasteiger charge is 2.17. The summed E-state index contributed by atoms with van der Waals surface area (Å²) < 4.78 is 0. The van der Waals surface area contributed by atoms with Gasteiger partial charge in [0.05, 0.1) is 0 Å². The van der Waals surface area contributed by atoms with Crippen molar-refractivity contribution in [2.45, 2.75) is 39.7 Å². The van der Waals surface area contributed by atoms with Gasteiger partial charge in [0, 0.05) is 15.8 Å². The van der Waals surface area contributed by atoms with Gasteiger partial charge in [0.15, 0.2) is 0 Å². The van der Waals surface area contributed by atoms with E-state index < -0.39 is 0 Å². The summed E-state index contributed by atoms with van der Waals surface area (Å²) in [7, 11) is 2.05. The standard InChI is InChI=1S/C18H25NS/c1-12(2)14-8-6-7-9-15(14)16-10-11-17(20-16)18(19-5)13(3)4/h6-13,18-19H,1-5H3. The molecule has 0 radical (unpaired) electrons. The third-order valence-electron chi connectivity index (χ3n) is 3.76. The Morgan fingerprint density at radius 1 is 0.950 bits per heavy atom. The lowest BCUT2D eigenvalue weighted by Crippen LogP contribution is -2.20. The van der Waals surface area contributed by atoms with E-state index in [1.165, 1.54) is 20.9 Å². The molecule has 0 spiro atoms. The zero-order valence-electron chi connectivity index (χ0n) is 13.1. The number of hydrogen-bond acceptors (Lipinski definition) is 2. The van der Waals surface area contributed by atoms with Crippen molar-refractivity contribution >= 4 is 11.3 Å². The first kappa shape index (κ1) is 15.3. The molecule has 2 heteroatoms. The maximum Gasteiger partial charge on any atom is 0.0435 e. The van der Waals surface area contributed by atoms with E-state index in [4.69, 9.17) is 0 Å². The molecule has 1 nitrogen and oxygen atoms in total. The van der Waals surface area contributed by atoms with Crippen LogP contribution >= 0.6 is 11.3 Å². The summed E-state index contributed by atoms with van der Waals surface area (Å²) in [5, 5.41) is 3.43. The van der Waals surface area contributed by atoms with Crippen molar-refractivity contribution in [3.8, 4) is 10.4 Å². The Bertz CT molecular complexity index is 554. The molecular formula is C18H25NS. The van der Waals surface area contributed by atoms with Gasteiger partial charge < -0.3 is 5.32 Å². The summed E-state index contributed by atoms with van der Waals surface area (Å²) >= 11 is 1.92. The van der Waals surface area contributed by atoms with Gasteiger partial charge in [-0.2, -0.15) is 0 Å². The highest BCUT2D eigenvalue weighted by Crippen LogP contribution is 2.37. The number of rotatable bonds is 5. The van der Waals surface area contributed by atoms with Crippen LogP contribution in [0.15, 0.2) is 36.4 Å². The van der Waals surface area contributed by atoms with Crippen LogP contribution in [0.3, 0.4) is 0 Å². The molecule has 1 unspecified atom stereocenters. The fourth-order valence-electron chi connectivity index (χ4n) is 2.69. The summed E-state index contributed by atoms with van der Waals surface area (Å²) in [4.78, 5) is 2.81. The highest BCUT2D eigenvalue weighted by molar-refractivity contribution is 7.15. The predicted molar refractivity (Wildman–Crippen MR) is 90.5 cm³/mol. The largest absolute Gasteiger partial charge is 0.312 e. The van der Waals surface area contributed by atoms with Gasteiger partial charge in [-0.15, -0.1) is 11.3 Å². The van der Waals surface area contributed by atoms with Crippen LogP contribution in [0, 0.1) is 5.92 Å². The predicted octanol–water partition coefficient (Wildman–Crippen LogP) is 5.46. The summed E-state index contributed by atoms with van der Waals surface area (Å²) in [6, 6.07) is 13.8. The van der Waals surface area contributed by atoms with Crippen molar-refractivity contribution in [3.05, 3.63) is 46.8 Å². The van der Waals surface area contributed by atoms with Crippen LogP contribution in [0.2, 0.25) is 0 Å². The molecule has 1 atom stereocenters. The molecule has 0 amide bonds. The summed E-state index contributed by atoms with van der Waals surface area (Å²) in [5.74, 6) is 1.16. The molecule has 2 aromatic rings. The van der Waals surface area contributed by atoms with Crippen LogP contribution in [0.25, 0.3) is 10.4 Å². The molecule has 1 aromatic carbocycles. The average molecular weight is 287 g/mol. The van der Waals surface area contributed by atoms with Crippen LogP contribution in [0.5, 0.6) is 0 Å². The van der Waals surface area contributed by atoms with Crippen LogP contribution in [-0.4, -0.2) is 7.05 Å². The second-order valence-corrected chi connectivity index (χ2v) is 7.07. The third-order valence-corrected chi connectivity index (χ3v) is 4.96. The van der Waals surface area contributed by atoms with Crippen LogP contribution in [0.1, 0.15) is 50.1 Å². The molecule has 0 aliphatic heterocycles. The van der Waals surface area contributed by atoms with Gasteiger partial charge in [0.2, 0.25) is 0 Å². The number of benzene rings is 1. The van der Waals surface area contributed by atoms with Gasteiger partial charge in [-0.3, -0.25) is 0 Å². The highest BCUT2D eigenvalue weighted by atomic mass is 32.1. The molecule has 20 heavy (non-hydrogen) atoms. The summed E-state index contributed by atoms with van der Waals surface area (Å²) in [5.41, 5.74) is 2.82. The Hall–Kier alpha value is -1.12. The maximum atomic E-state index is 3.43. The van der Waals surface area contributed by atoms with E-state index >= 15 is 0 Å². The van der Waals surface area contributed by atoms with Gasteiger partial charge in [-0.05, 0) is 42.1 Å². The quantitative estimate of drug-likeness (QED) is 0.770. The second-order valence-electron chi connectivity index (χ2n) is 5.95. The Kier molecular flexibility index (Phi) is 5.00. The number of hydrogen-bond donors (Lipinski definition) is 1. The molecule has 0 aliphatic rings. The zero-order valence-corrected chi connectivity index (χ0v) is 13.9. The molecule has 2 rings (SSSR count). The molecule has 0 fully saturated rings. The molecule has 0 saturated carbocycles. The van der Waals surface area contributed by atoms with Crippen LogP contribution < -0.4 is 5.32 Å². The molecule has 108 valence electrons. The minimum atomic E-state index is 0.444. The first-order valence-electron chi connectivity index (χ1n) is 7.41. The average Bonchev–Trinajstić information content (AvgIpc) is 2.88. The molecule has 0 aliphatic carbocycles. The van der Waals surface area contributed by atoms with E-state index in [9.17, 15) is 0 Å². The molecule has 0 bridgehead atoms. The van der Waals surface area contributed by atoms with Crippen molar-refractivity contribution in [2.75, 3.05) is 7.05 Å². The molecule has 1 heterocycles. The molecule has 1 N–H and O–H groups in total. The van der Waals surface area contributed by atoms with E-state index in [2.05, 4.69) is 69.4 Å². The first-order valence-corrected chi connectivity index (χ1v) is 8.22. The van der Waals surface area contributed by atoms with E-state index in [1.54, 1.807) is 0 Å². The maximum absolute atomic E-state index is 3.43. The lowest BCUT2D eigenvalue weighted by molar-refractivity contribution is 0.449. The van der Waals surface area contributed by atoms with E-state index in [-0.39, 0.29) is 0 Å². The Labute approximate surface area is 127 Å². The second kappa shape index (κ2) is 6.55. The fraction of sp³-hybridized carbons (Fsp3) is 0.444. The smallest absolute Gasteiger partial charge is 0.0435 e. The van der Waals surface area contributed by atoms with Crippen molar-refractivity contribution in [2.24, 2.45) is 5.92 Å². The minimum Gasteiger partial charge on any atom is -0.312 e. The van der Waals surface area contributed by atoms with Gasteiger partial charge in [0.1, 0.15) is 0 Å². The van der Waals surface area contributed by atoms with E-state index in [1.807, 2.05) is 18.4 Å². The topological polar surface area (TPSA) is 12.0 Å². The van der Waals surface area contributed by atoms with Gasteiger partial charge in [-0.25, -0.2) is 0 Å². The number of thiophene rings is 1. The lowest BCUT2D eigenvalue weighted by Gasteiger charge is -2.18. The first-order chi connectivity index (χ1) is 9.54. The van der Waals surface area contributed by atoms with Gasteiger partial charge >= 0.3 is 0 Å². The normalized spacial score (nSPS) is 13.2. The van der Waals surface area contributed by atoms with Crippen LogP contribution in [0.4, 0.5) is 0 Å². The summed E-state index contributed by atoms with van der Waals surface area (Å²) in [6.07, 6.45) is 0. The van der Waals surface area contributed by atoms with Gasteiger partial charge in [-0.1, -0.05) is 52.0 Å². The fourth-order valence-corrected chi connectivity index (χ4v) is 4.03. The van der Waals surface area contributed by atoms with Crippen molar-refractivity contribution in [1.29, 1.82) is 0 Å². The Balaban J connectivity index is 2.38. The van der Waals surface area contributed by atoms with E-state index in [0.717, 1.165) is 0 Å². The number of nitrogens with one attached hydrogen (secondary N) is 1. The van der Waals surface area contributed by atoms with Crippen molar-refractivity contribution in [3.63, 3.8) is 0 Å². The van der Waals surface area contributed by atoms with Gasteiger partial charge in [0.25, 0.3) is 0 Å². The van der Waals surface area contributed by atoms with Crippen LogP contribution in [-0.2, 0) is 0 Å². The minimum absolute atomic E-state index is 0.444. The van der Waals surface area contributed by atoms with Crippen molar-refractivity contribution < 1.29 is 0 Å². The lowest BCUT2D eigenvalue weighted by atomic mass is 9.96. The van der Waals surface area contributed by atoms with E-state index in [0.29, 0.717) is 17.9 Å². The molecular weight excluding hydrogens is 262 g/mol. The Morgan fingerprint density at radius 3 is 2.25 bits per heavy atom.